The second-order valence-electron chi connectivity index (χ2n) is 3.14. The Morgan fingerprint density at radius 2 is 2.31 bits per heavy atom. The van der Waals surface area contributed by atoms with Crippen LogP contribution in [0.2, 0.25) is 0 Å². The molecule has 0 bridgehead atoms. The van der Waals surface area contributed by atoms with Crippen molar-refractivity contribution in [2.24, 2.45) is 0 Å². The molecule has 1 fully saturated rings. The Kier molecular flexibility index (Phi) is 3.59. The highest BCUT2D eigenvalue weighted by atomic mass is 32.2. The van der Waals surface area contributed by atoms with E-state index in [1.165, 1.54) is 11.8 Å². The summed E-state index contributed by atoms with van der Waals surface area (Å²) in [6, 6.07) is 0. The van der Waals surface area contributed by atoms with Gasteiger partial charge in [-0.2, -0.15) is 0 Å². The zero-order valence-electron chi connectivity index (χ0n) is 7.95. The Hall–Kier alpha value is -0.710. The molecule has 2 amide bonds. The van der Waals surface area contributed by atoms with Crippen molar-refractivity contribution in [2.45, 2.75) is 6.42 Å². The van der Waals surface area contributed by atoms with Crippen molar-refractivity contribution in [1.82, 2.24) is 9.80 Å². The fraction of sp³-hybridized carbons (Fsp3) is 0.750. The molecule has 1 saturated heterocycles. The van der Waals surface area contributed by atoms with Crippen LogP contribution in [0.3, 0.4) is 0 Å². The van der Waals surface area contributed by atoms with Crippen LogP contribution in [0, 0.1) is 0 Å². The van der Waals surface area contributed by atoms with Crippen LogP contribution in [-0.4, -0.2) is 53.9 Å². The van der Waals surface area contributed by atoms with E-state index in [1.807, 2.05) is 0 Å². The van der Waals surface area contributed by atoms with Crippen LogP contribution in [0.25, 0.3) is 0 Å². The summed E-state index contributed by atoms with van der Waals surface area (Å²) in [6.07, 6.45) is 0.430. The van der Waals surface area contributed by atoms with Gasteiger partial charge in [0, 0.05) is 39.4 Å². The van der Waals surface area contributed by atoms with Gasteiger partial charge in [-0.05, 0) is 0 Å². The Morgan fingerprint density at radius 3 is 2.77 bits per heavy atom. The Balaban J connectivity index is 2.26. The van der Waals surface area contributed by atoms with Crippen molar-refractivity contribution < 1.29 is 9.59 Å². The molecule has 0 unspecified atom stereocenters. The molecule has 5 heteroatoms. The molecular weight excluding hydrogens is 188 g/mol. The number of amides is 2. The van der Waals surface area contributed by atoms with Gasteiger partial charge in [-0.25, -0.2) is 0 Å². The maximum Gasteiger partial charge on any atom is 0.281 e. The molecule has 1 rings (SSSR count). The van der Waals surface area contributed by atoms with Crippen molar-refractivity contribution in [2.75, 3.05) is 32.9 Å². The number of hydrogen-bond acceptors (Lipinski definition) is 3. The molecule has 0 N–H and O–H groups in total. The molecule has 0 saturated carbocycles. The van der Waals surface area contributed by atoms with Gasteiger partial charge in [-0.1, -0.05) is 11.8 Å². The molecule has 1 heterocycles. The van der Waals surface area contributed by atoms with Gasteiger partial charge in [0.1, 0.15) is 0 Å². The highest BCUT2D eigenvalue weighted by Crippen LogP contribution is 2.17. The van der Waals surface area contributed by atoms with Crippen molar-refractivity contribution >= 4 is 22.9 Å². The standard InChI is InChI=1S/C8H14N2O2S/c1-9(2)7(11)3-4-10-5-6-13-8(10)12/h3-6H2,1-2H3. The van der Waals surface area contributed by atoms with E-state index < -0.39 is 0 Å². The van der Waals surface area contributed by atoms with Crippen LogP contribution in [0.4, 0.5) is 4.79 Å². The first-order valence-corrected chi connectivity index (χ1v) is 5.21. The van der Waals surface area contributed by atoms with Crippen LogP contribution < -0.4 is 0 Å². The average Bonchev–Trinajstić information content (AvgIpc) is 2.47. The van der Waals surface area contributed by atoms with Crippen LogP contribution in [-0.2, 0) is 4.79 Å². The largest absolute Gasteiger partial charge is 0.349 e. The fourth-order valence-electron chi connectivity index (χ4n) is 1.08. The molecule has 0 radical (unpaired) electrons. The first-order chi connectivity index (χ1) is 6.11. The molecule has 0 atom stereocenters. The van der Waals surface area contributed by atoms with Crippen molar-refractivity contribution in [3.63, 3.8) is 0 Å². The van der Waals surface area contributed by atoms with Gasteiger partial charge in [-0.15, -0.1) is 0 Å². The molecule has 0 spiro atoms. The molecule has 0 aromatic rings. The number of thioether (sulfide) groups is 1. The van der Waals surface area contributed by atoms with Gasteiger partial charge >= 0.3 is 0 Å². The van der Waals surface area contributed by atoms with Crippen LogP contribution in [0.15, 0.2) is 0 Å². The van der Waals surface area contributed by atoms with Gasteiger partial charge in [-0.3, -0.25) is 9.59 Å². The monoisotopic (exact) mass is 202 g/mol. The van der Waals surface area contributed by atoms with Crippen molar-refractivity contribution in [1.29, 1.82) is 0 Å². The highest BCUT2D eigenvalue weighted by Gasteiger charge is 2.21. The number of carbonyl (C=O) groups is 2. The van der Waals surface area contributed by atoms with Gasteiger partial charge in [0.15, 0.2) is 0 Å². The maximum absolute atomic E-state index is 11.2. The molecule has 1 aliphatic rings. The smallest absolute Gasteiger partial charge is 0.281 e. The Bertz CT molecular complexity index is 218. The van der Waals surface area contributed by atoms with Crippen molar-refractivity contribution in [3.8, 4) is 0 Å². The molecule has 1 aliphatic heterocycles. The lowest BCUT2D eigenvalue weighted by Gasteiger charge is -2.15. The maximum atomic E-state index is 11.2. The van der Waals surface area contributed by atoms with Gasteiger partial charge in [0.2, 0.25) is 5.91 Å². The summed E-state index contributed by atoms with van der Waals surface area (Å²) in [5, 5.41) is 0.103. The summed E-state index contributed by atoms with van der Waals surface area (Å²) >= 11 is 1.33. The third-order valence-corrected chi connectivity index (χ3v) is 2.83. The molecule has 4 nitrogen and oxygen atoms in total. The number of carbonyl (C=O) groups excluding carboxylic acids is 2. The minimum Gasteiger partial charge on any atom is -0.349 e. The normalized spacial score (nSPS) is 16.5. The third-order valence-electron chi connectivity index (χ3n) is 1.94. The van der Waals surface area contributed by atoms with E-state index in [2.05, 4.69) is 0 Å². The van der Waals surface area contributed by atoms with E-state index in [1.54, 1.807) is 23.9 Å². The van der Waals surface area contributed by atoms with E-state index in [0.717, 1.165) is 12.3 Å². The second kappa shape index (κ2) is 4.50. The number of nitrogens with zero attached hydrogens (tertiary/aromatic N) is 2. The molecular formula is C8H14N2O2S. The zero-order chi connectivity index (χ0) is 9.84. The summed E-state index contributed by atoms with van der Waals surface area (Å²) < 4.78 is 0. The average molecular weight is 202 g/mol. The predicted octanol–water partition coefficient (Wildman–Crippen LogP) is 0.633. The summed E-state index contributed by atoms with van der Waals surface area (Å²) in [6.45, 7) is 1.34. The first kappa shape index (κ1) is 10.4. The quantitative estimate of drug-likeness (QED) is 0.674. The minimum absolute atomic E-state index is 0.0738. The zero-order valence-corrected chi connectivity index (χ0v) is 8.76. The van der Waals surface area contributed by atoms with Gasteiger partial charge in [0.25, 0.3) is 5.24 Å². The minimum atomic E-state index is 0.0738. The van der Waals surface area contributed by atoms with E-state index in [0.29, 0.717) is 13.0 Å². The van der Waals surface area contributed by atoms with Gasteiger partial charge < -0.3 is 9.80 Å². The van der Waals surface area contributed by atoms with E-state index >= 15 is 0 Å². The Labute approximate surface area is 82.3 Å². The second-order valence-corrected chi connectivity index (χ2v) is 4.19. The highest BCUT2D eigenvalue weighted by molar-refractivity contribution is 8.13. The molecule has 0 aliphatic carbocycles. The summed E-state index contributed by atoms with van der Waals surface area (Å²) in [4.78, 5) is 25.6. The van der Waals surface area contributed by atoms with Crippen LogP contribution in [0.1, 0.15) is 6.42 Å². The van der Waals surface area contributed by atoms with Gasteiger partial charge in [0.05, 0.1) is 0 Å². The number of rotatable bonds is 3. The topological polar surface area (TPSA) is 40.6 Å². The SMILES string of the molecule is CN(C)C(=O)CCN1CCSC1=O. The Morgan fingerprint density at radius 1 is 1.62 bits per heavy atom. The summed E-state index contributed by atoms with van der Waals surface area (Å²) in [5.41, 5.74) is 0. The fourth-order valence-corrected chi connectivity index (χ4v) is 1.93. The van der Waals surface area contributed by atoms with E-state index in [4.69, 9.17) is 0 Å². The number of hydrogen-bond donors (Lipinski definition) is 0. The van der Waals surface area contributed by atoms with Crippen LogP contribution in [0.5, 0.6) is 0 Å². The lowest BCUT2D eigenvalue weighted by atomic mass is 10.3. The summed E-state index contributed by atoms with van der Waals surface area (Å²) in [5.74, 6) is 0.930. The predicted molar refractivity (Wildman–Crippen MR) is 52.7 cm³/mol. The third kappa shape index (κ3) is 2.91. The molecule has 0 aromatic heterocycles. The lowest BCUT2D eigenvalue weighted by molar-refractivity contribution is -0.128. The van der Waals surface area contributed by atoms with E-state index in [9.17, 15) is 9.59 Å². The molecule has 74 valence electrons. The molecule has 13 heavy (non-hydrogen) atoms. The van der Waals surface area contributed by atoms with Crippen molar-refractivity contribution in [3.05, 3.63) is 0 Å². The van der Waals surface area contributed by atoms with E-state index in [-0.39, 0.29) is 11.1 Å². The summed E-state index contributed by atoms with van der Waals surface area (Å²) in [7, 11) is 3.45. The van der Waals surface area contributed by atoms with Crippen LogP contribution >= 0.6 is 11.8 Å². The lowest BCUT2D eigenvalue weighted by Crippen LogP contribution is -2.30. The first-order valence-electron chi connectivity index (χ1n) is 4.23. The molecule has 0 aromatic carbocycles.